The second kappa shape index (κ2) is 8.75. The first-order valence-corrected chi connectivity index (χ1v) is 9.00. The molecule has 0 bridgehead atoms. The molecule has 1 fully saturated rings. The summed E-state index contributed by atoms with van der Waals surface area (Å²) in [6, 6.07) is 13.6. The van der Waals surface area contributed by atoms with Gasteiger partial charge in [0, 0.05) is 35.4 Å². The molecule has 1 heterocycles. The number of ether oxygens (including phenoxy) is 2. The fourth-order valence-corrected chi connectivity index (χ4v) is 3.00. The number of carbonyl (C=O) groups excluding carboxylic acids is 3. The van der Waals surface area contributed by atoms with Crippen molar-refractivity contribution in [3.63, 3.8) is 0 Å². The molecule has 0 spiro atoms. The van der Waals surface area contributed by atoms with E-state index in [-0.39, 0.29) is 18.9 Å². The smallest absolute Gasteiger partial charge is 0.311 e. The highest BCUT2D eigenvalue weighted by Gasteiger charge is 2.36. The molecule has 146 valence electrons. The summed E-state index contributed by atoms with van der Waals surface area (Å²) in [5, 5.41) is 3.16. The average molecular weight is 403 g/mol. The summed E-state index contributed by atoms with van der Waals surface area (Å²) in [5.41, 5.74) is 1.20. The molecule has 0 saturated carbocycles. The van der Waals surface area contributed by atoms with Gasteiger partial charge in [0.1, 0.15) is 5.75 Å². The maximum absolute atomic E-state index is 12.3. The van der Waals surface area contributed by atoms with E-state index >= 15 is 0 Å². The number of hydrogen-bond acceptors (Lipinski definition) is 5. The van der Waals surface area contributed by atoms with Crippen molar-refractivity contribution in [2.45, 2.75) is 6.42 Å². The molecule has 1 N–H and O–H groups in total. The number of hydrogen-bond donors (Lipinski definition) is 1. The molecule has 0 radical (unpaired) electrons. The van der Waals surface area contributed by atoms with Gasteiger partial charge in [-0.1, -0.05) is 17.7 Å². The van der Waals surface area contributed by atoms with Crippen molar-refractivity contribution in [3.8, 4) is 5.75 Å². The molecule has 3 rings (SSSR count). The summed E-state index contributed by atoms with van der Waals surface area (Å²) < 4.78 is 10.2. The zero-order valence-electron chi connectivity index (χ0n) is 15.2. The minimum Gasteiger partial charge on any atom is -0.497 e. The minimum absolute atomic E-state index is 0.0366. The van der Waals surface area contributed by atoms with Gasteiger partial charge >= 0.3 is 5.97 Å². The second-order valence-corrected chi connectivity index (χ2v) is 6.71. The summed E-state index contributed by atoms with van der Waals surface area (Å²) in [6.07, 6.45) is 0.0366. The van der Waals surface area contributed by atoms with Crippen LogP contribution in [0.5, 0.6) is 5.75 Å². The van der Waals surface area contributed by atoms with E-state index in [1.807, 2.05) is 0 Å². The number of carbonyl (C=O) groups is 3. The lowest BCUT2D eigenvalue weighted by molar-refractivity contribution is -0.151. The van der Waals surface area contributed by atoms with Crippen molar-refractivity contribution in [2.24, 2.45) is 5.92 Å². The molecule has 1 aliphatic heterocycles. The summed E-state index contributed by atoms with van der Waals surface area (Å²) in [4.78, 5) is 38.0. The van der Waals surface area contributed by atoms with Crippen LogP contribution >= 0.6 is 11.6 Å². The first kappa shape index (κ1) is 19.7. The molecule has 1 aliphatic rings. The van der Waals surface area contributed by atoms with Gasteiger partial charge in [0.15, 0.2) is 6.61 Å². The molecule has 7 nitrogen and oxygen atoms in total. The third-order valence-corrected chi connectivity index (χ3v) is 4.55. The first-order chi connectivity index (χ1) is 13.5. The standard InChI is InChI=1S/C20H19ClN2O5/c1-27-17-4-2-3-16(10-17)23-11-13(9-19(23)25)20(26)28-12-18(24)22-15-7-5-14(21)6-8-15/h2-8,10,13H,9,11-12H2,1H3,(H,22,24)/t13-/m0/s1. The molecule has 1 atom stereocenters. The van der Waals surface area contributed by atoms with Crippen LogP contribution < -0.4 is 15.0 Å². The predicted molar refractivity (Wildman–Crippen MR) is 104 cm³/mol. The zero-order chi connectivity index (χ0) is 20.1. The predicted octanol–water partition coefficient (Wildman–Crippen LogP) is 2.88. The quantitative estimate of drug-likeness (QED) is 0.751. The second-order valence-electron chi connectivity index (χ2n) is 6.27. The summed E-state index contributed by atoms with van der Waals surface area (Å²) in [6.45, 7) is -0.227. The van der Waals surface area contributed by atoms with E-state index in [1.165, 1.54) is 4.90 Å². The number of benzene rings is 2. The molecule has 1 saturated heterocycles. The van der Waals surface area contributed by atoms with Crippen molar-refractivity contribution >= 4 is 40.8 Å². The van der Waals surface area contributed by atoms with Crippen molar-refractivity contribution < 1.29 is 23.9 Å². The SMILES string of the molecule is COc1cccc(N2C[C@@H](C(=O)OCC(=O)Nc3ccc(Cl)cc3)CC2=O)c1. The molecular weight excluding hydrogens is 384 g/mol. The lowest BCUT2D eigenvalue weighted by atomic mass is 10.1. The van der Waals surface area contributed by atoms with Crippen LogP contribution in [-0.4, -0.2) is 38.0 Å². The van der Waals surface area contributed by atoms with Crippen molar-refractivity contribution in [1.82, 2.24) is 0 Å². The third kappa shape index (κ3) is 4.80. The Hall–Kier alpha value is -3.06. The van der Waals surface area contributed by atoms with Crippen molar-refractivity contribution in [1.29, 1.82) is 0 Å². The average Bonchev–Trinajstić information content (AvgIpc) is 3.10. The molecule has 0 aromatic heterocycles. The Morgan fingerprint density at radius 3 is 2.68 bits per heavy atom. The molecule has 2 aromatic carbocycles. The van der Waals surface area contributed by atoms with E-state index in [4.69, 9.17) is 21.1 Å². The van der Waals surface area contributed by atoms with Gasteiger partial charge in [-0.25, -0.2) is 0 Å². The van der Waals surface area contributed by atoms with E-state index in [9.17, 15) is 14.4 Å². The van der Waals surface area contributed by atoms with Gasteiger partial charge in [-0.2, -0.15) is 0 Å². The van der Waals surface area contributed by atoms with Crippen LogP contribution in [0.1, 0.15) is 6.42 Å². The number of esters is 1. The normalized spacial score (nSPS) is 16.0. The molecule has 8 heteroatoms. The van der Waals surface area contributed by atoms with Crippen LogP contribution in [0.4, 0.5) is 11.4 Å². The Labute approximate surface area is 167 Å². The number of anilines is 2. The van der Waals surface area contributed by atoms with E-state index < -0.39 is 24.4 Å². The number of amides is 2. The van der Waals surface area contributed by atoms with Crippen molar-refractivity contribution in [2.75, 3.05) is 30.5 Å². The summed E-state index contributed by atoms with van der Waals surface area (Å²) in [5.74, 6) is -1.23. The third-order valence-electron chi connectivity index (χ3n) is 4.30. The fourth-order valence-electron chi connectivity index (χ4n) is 2.88. The Morgan fingerprint density at radius 1 is 1.21 bits per heavy atom. The van der Waals surface area contributed by atoms with E-state index in [2.05, 4.69) is 5.32 Å². The number of rotatable bonds is 6. The van der Waals surface area contributed by atoms with Crippen LogP contribution in [0.3, 0.4) is 0 Å². The van der Waals surface area contributed by atoms with Crippen LogP contribution in [0.25, 0.3) is 0 Å². The largest absolute Gasteiger partial charge is 0.497 e. The minimum atomic E-state index is -0.623. The van der Waals surface area contributed by atoms with Crippen LogP contribution in [-0.2, 0) is 19.1 Å². The van der Waals surface area contributed by atoms with Gasteiger partial charge < -0.3 is 19.7 Å². The highest BCUT2D eigenvalue weighted by Crippen LogP contribution is 2.28. The highest BCUT2D eigenvalue weighted by atomic mass is 35.5. The van der Waals surface area contributed by atoms with E-state index in [0.717, 1.165) is 0 Å². The Morgan fingerprint density at radius 2 is 1.96 bits per heavy atom. The van der Waals surface area contributed by atoms with Gasteiger partial charge in [-0.05, 0) is 36.4 Å². The number of halogens is 1. The topological polar surface area (TPSA) is 84.9 Å². The molecule has 0 aliphatic carbocycles. The number of nitrogens with zero attached hydrogens (tertiary/aromatic N) is 1. The van der Waals surface area contributed by atoms with Gasteiger partial charge in [0.2, 0.25) is 5.91 Å². The Kier molecular flexibility index (Phi) is 6.16. The van der Waals surface area contributed by atoms with Crippen molar-refractivity contribution in [3.05, 3.63) is 53.6 Å². The molecule has 2 aromatic rings. The molecule has 2 amide bonds. The maximum atomic E-state index is 12.3. The lowest BCUT2D eigenvalue weighted by Crippen LogP contribution is -2.28. The van der Waals surface area contributed by atoms with Gasteiger partial charge in [-0.15, -0.1) is 0 Å². The number of methoxy groups -OCH3 is 1. The molecule has 0 unspecified atom stereocenters. The van der Waals surface area contributed by atoms with Gasteiger partial charge in [-0.3, -0.25) is 14.4 Å². The van der Waals surface area contributed by atoms with Crippen LogP contribution in [0, 0.1) is 5.92 Å². The summed E-state index contributed by atoms with van der Waals surface area (Å²) >= 11 is 5.79. The Balaban J connectivity index is 1.52. The molecular formula is C20H19ClN2O5. The first-order valence-electron chi connectivity index (χ1n) is 8.62. The highest BCUT2D eigenvalue weighted by molar-refractivity contribution is 6.30. The monoisotopic (exact) mass is 402 g/mol. The van der Waals surface area contributed by atoms with E-state index in [1.54, 1.807) is 55.6 Å². The Bertz CT molecular complexity index is 884. The number of nitrogens with one attached hydrogen (secondary N) is 1. The van der Waals surface area contributed by atoms with Crippen LogP contribution in [0.15, 0.2) is 48.5 Å². The lowest BCUT2D eigenvalue weighted by Gasteiger charge is -2.17. The van der Waals surface area contributed by atoms with Gasteiger partial charge in [0.25, 0.3) is 5.91 Å². The fraction of sp³-hybridized carbons (Fsp3) is 0.250. The maximum Gasteiger partial charge on any atom is 0.311 e. The molecule has 28 heavy (non-hydrogen) atoms. The summed E-state index contributed by atoms with van der Waals surface area (Å²) in [7, 11) is 1.54. The zero-order valence-corrected chi connectivity index (χ0v) is 15.9. The van der Waals surface area contributed by atoms with Gasteiger partial charge in [0.05, 0.1) is 13.0 Å². The van der Waals surface area contributed by atoms with E-state index in [0.29, 0.717) is 22.1 Å². The van der Waals surface area contributed by atoms with Crippen LogP contribution in [0.2, 0.25) is 5.02 Å².